The molecule has 1 fully saturated rings. The molecule has 3 aromatic rings. The van der Waals surface area contributed by atoms with Crippen molar-refractivity contribution >= 4 is 22.8 Å². The average molecular weight is 480 g/mol. The van der Waals surface area contributed by atoms with Gasteiger partial charge in [-0.2, -0.15) is 5.10 Å². The van der Waals surface area contributed by atoms with Crippen LogP contribution in [-0.4, -0.2) is 89.5 Å². The van der Waals surface area contributed by atoms with Crippen LogP contribution in [0.25, 0.3) is 22.3 Å². The highest BCUT2D eigenvalue weighted by Gasteiger charge is 2.28. The van der Waals surface area contributed by atoms with Crippen LogP contribution < -0.4 is 10.5 Å². The van der Waals surface area contributed by atoms with Crippen molar-refractivity contribution < 1.29 is 14.3 Å². The lowest BCUT2D eigenvalue weighted by Gasteiger charge is -2.32. The number of fused-ring (bicyclic) bond motifs is 1. The summed E-state index contributed by atoms with van der Waals surface area (Å²) >= 11 is 0. The molecule has 2 N–H and O–H groups in total. The maximum Gasteiger partial charge on any atom is 0.246 e. The highest BCUT2D eigenvalue weighted by atomic mass is 16.5. The Bertz CT molecular complexity index is 1170. The van der Waals surface area contributed by atoms with Gasteiger partial charge in [-0.15, -0.1) is 0 Å². The number of hydrogen-bond acceptors (Lipinski definition) is 8. The molecule has 1 aliphatic heterocycles. The number of ether oxygens (including phenoxy) is 2. The van der Waals surface area contributed by atoms with E-state index in [-0.39, 0.29) is 11.9 Å². The first-order valence-electron chi connectivity index (χ1n) is 11.8. The van der Waals surface area contributed by atoms with Gasteiger partial charge in [-0.25, -0.2) is 14.6 Å². The summed E-state index contributed by atoms with van der Waals surface area (Å²) in [6, 6.07) is 7.70. The van der Waals surface area contributed by atoms with Crippen LogP contribution in [0.3, 0.4) is 0 Å². The number of carbonyl (C=O) groups excluding carboxylic acids is 1. The second-order valence-corrected chi connectivity index (χ2v) is 8.86. The van der Waals surface area contributed by atoms with Gasteiger partial charge in [0.25, 0.3) is 0 Å². The lowest BCUT2D eigenvalue weighted by Crippen LogP contribution is -2.40. The van der Waals surface area contributed by atoms with E-state index < -0.39 is 0 Å². The number of rotatable bonds is 9. The van der Waals surface area contributed by atoms with Crippen LogP contribution in [0.5, 0.6) is 5.75 Å². The van der Waals surface area contributed by atoms with Crippen molar-refractivity contribution in [3.05, 3.63) is 42.7 Å². The fourth-order valence-electron chi connectivity index (χ4n) is 4.23. The van der Waals surface area contributed by atoms with Crippen LogP contribution >= 0.6 is 0 Å². The van der Waals surface area contributed by atoms with Crippen LogP contribution in [0, 0.1) is 0 Å². The number of methoxy groups -OCH3 is 1. The van der Waals surface area contributed by atoms with Gasteiger partial charge >= 0.3 is 0 Å². The predicted molar refractivity (Wildman–Crippen MR) is 135 cm³/mol. The number of amides is 1. The van der Waals surface area contributed by atoms with Gasteiger partial charge in [-0.05, 0) is 51.2 Å². The molecule has 10 heteroatoms. The lowest BCUT2D eigenvalue weighted by molar-refractivity contribution is -0.127. The molecular formula is C25H33N7O3. The molecule has 0 spiro atoms. The zero-order valence-electron chi connectivity index (χ0n) is 20.6. The van der Waals surface area contributed by atoms with Gasteiger partial charge in [0, 0.05) is 38.4 Å². The first-order chi connectivity index (χ1) is 17.0. The van der Waals surface area contributed by atoms with E-state index in [1.54, 1.807) is 13.2 Å². The monoisotopic (exact) mass is 479 g/mol. The zero-order valence-corrected chi connectivity index (χ0v) is 20.6. The molecule has 0 unspecified atom stereocenters. The number of piperidine rings is 1. The fraction of sp³-hybridized carbons (Fsp3) is 0.440. The first-order valence-corrected chi connectivity index (χ1v) is 11.8. The third-order valence-electron chi connectivity index (χ3n) is 5.99. The molecule has 186 valence electrons. The molecule has 0 bridgehead atoms. The summed E-state index contributed by atoms with van der Waals surface area (Å²) in [5.41, 5.74) is 8.57. The van der Waals surface area contributed by atoms with Crippen molar-refractivity contribution in [2.75, 3.05) is 59.8 Å². The highest BCUT2D eigenvalue weighted by molar-refractivity contribution is 5.98. The number of hydrogen-bond donors (Lipinski definition) is 1. The van der Waals surface area contributed by atoms with Crippen molar-refractivity contribution in [1.82, 2.24) is 29.5 Å². The van der Waals surface area contributed by atoms with Crippen molar-refractivity contribution in [3.8, 4) is 17.0 Å². The standard InChI is InChI=1S/C25H33N7O3/c1-30(2)12-5-7-21(33)31-13-4-6-19(16-31)32-25-22(24(26)27-17-28-25)23(29-32)18-8-10-20(11-9-18)35-15-14-34-3/h5,7-11,17,19H,4,6,12-16H2,1-3H3,(H2,26,27,28)/t19-/m1/s1. The Labute approximate surface area is 205 Å². The molecule has 1 saturated heterocycles. The maximum absolute atomic E-state index is 12.8. The van der Waals surface area contributed by atoms with Crippen LogP contribution in [0.4, 0.5) is 5.82 Å². The predicted octanol–water partition coefficient (Wildman–Crippen LogP) is 2.38. The summed E-state index contributed by atoms with van der Waals surface area (Å²) in [6.45, 7) is 3.03. The molecule has 4 rings (SSSR count). The number of nitrogen functional groups attached to an aromatic ring is 1. The topological polar surface area (TPSA) is 112 Å². The minimum atomic E-state index is -0.00264. The fourth-order valence-corrected chi connectivity index (χ4v) is 4.23. The van der Waals surface area contributed by atoms with Gasteiger partial charge in [0.05, 0.1) is 18.0 Å². The SMILES string of the molecule is COCCOc1ccc(-c2nn([C@@H]3CCCN(C(=O)C=CCN(C)C)C3)c3ncnc(N)c23)cc1. The first kappa shape index (κ1) is 24.6. The molecule has 1 aromatic carbocycles. The Hall–Kier alpha value is -3.50. The number of anilines is 1. The van der Waals surface area contributed by atoms with Crippen LogP contribution in [0.1, 0.15) is 18.9 Å². The molecule has 10 nitrogen and oxygen atoms in total. The van der Waals surface area contributed by atoms with Gasteiger partial charge in [0.2, 0.25) is 5.91 Å². The molecule has 0 aliphatic carbocycles. The van der Waals surface area contributed by atoms with Crippen molar-refractivity contribution in [2.24, 2.45) is 0 Å². The summed E-state index contributed by atoms with van der Waals surface area (Å²) in [4.78, 5) is 25.4. The quantitative estimate of drug-likeness (QED) is 0.368. The van der Waals surface area contributed by atoms with Gasteiger partial charge in [-0.3, -0.25) is 4.79 Å². The third-order valence-corrected chi connectivity index (χ3v) is 5.99. The number of likely N-dealkylation sites (N-methyl/N-ethyl adjacent to an activating group) is 1. The number of likely N-dealkylation sites (tertiary alicyclic amines) is 1. The lowest BCUT2D eigenvalue weighted by atomic mass is 10.1. The number of benzene rings is 1. The second kappa shape index (κ2) is 11.3. The molecule has 1 amide bonds. The molecule has 0 saturated carbocycles. The van der Waals surface area contributed by atoms with Crippen LogP contribution in [-0.2, 0) is 9.53 Å². The van der Waals surface area contributed by atoms with E-state index in [0.717, 1.165) is 48.3 Å². The summed E-state index contributed by atoms with van der Waals surface area (Å²) in [7, 11) is 5.59. The van der Waals surface area contributed by atoms with Crippen molar-refractivity contribution in [3.63, 3.8) is 0 Å². The Morgan fingerprint density at radius 2 is 2.03 bits per heavy atom. The molecule has 1 atom stereocenters. The number of nitrogens with two attached hydrogens (primary N) is 1. The highest BCUT2D eigenvalue weighted by Crippen LogP contribution is 2.34. The number of aromatic nitrogens is 4. The Balaban J connectivity index is 1.60. The van der Waals surface area contributed by atoms with E-state index in [9.17, 15) is 4.79 Å². The number of nitrogens with zero attached hydrogens (tertiary/aromatic N) is 6. The number of carbonyl (C=O) groups is 1. The van der Waals surface area contributed by atoms with E-state index in [0.29, 0.717) is 31.2 Å². The average Bonchev–Trinajstić information content (AvgIpc) is 3.25. The summed E-state index contributed by atoms with van der Waals surface area (Å²) in [6.07, 6.45) is 6.80. The van der Waals surface area contributed by atoms with Crippen molar-refractivity contribution in [1.29, 1.82) is 0 Å². The second-order valence-electron chi connectivity index (χ2n) is 8.86. The summed E-state index contributed by atoms with van der Waals surface area (Å²) in [5, 5.41) is 5.66. The van der Waals surface area contributed by atoms with Crippen LogP contribution in [0.15, 0.2) is 42.7 Å². The van der Waals surface area contributed by atoms with E-state index >= 15 is 0 Å². The van der Waals surface area contributed by atoms with E-state index in [2.05, 4.69) is 9.97 Å². The van der Waals surface area contributed by atoms with Gasteiger partial charge < -0.3 is 25.0 Å². The van der Waals surface area contributed by atoms with E-state index in [1.807, 2.05) is 58.9 Å². The molecule has 35 heavy (non-hydrogen) atoms. The summed E-state index contributed by atoms with van der Waals surface area (Å²) < 4.78 is 12.6. The van der Waals surface area contributed by atoms with Gasteiger partial charge in [-0.1, -0.05) is 6.08 Å². The minimum Gasteiger partial charge on any atom is -0.491 e. The van der Waals surface area contributed by atoms with E-state index in [1.165, 1.54) is 6.33 Å². The Kier molecular flexibility index (Phi) is 7.94. The Morgan fingerprint density at radius 3 is 2.77 bits per heavy atom. The Morgan fingerprint density at radius 1 is 1.23 bits per heavy atom. The molecule has 3 heterocycles. The van der Waals surface area contributed by atoms with Crippen LogP contribution in [0.2, 0.25) is 0 Å². The molecule has 1 aliphatic rings. The normalized spacial score (nSPS) is 16.5. The maximum atomic E-state index is 12.8. The third kappa shape index (κ3) is 5.77. The molecule has 2 aromatic heterocycles. The molecular weight excluding hydrogens is 446 g/mol. The minimum absolute atomic E-state index is 0.00264. The smallest absolute Gasteiger partial charge is 0.246 e. The summed E-state index contributed by atoms with van der Waals surface area (Å²) in [5.74, 6) is 1.15. The largest absolute Gasteiger partial charge is 0.491 e. The molecule has 0 radical (unpaired) electrons. The van der Waals surface area contributed by atoms with Gasteiger partial charge in [0.15, 0.2) is 5.65 Å². The zero-order chi connectivity index (χ0) is 24.8. The van der Waals surface area contributed by atoms with Crippen molar-refractivity contribution in [2.45, 2.75) is 18.9 Å². The van der Waals surface area contributed by atoms with Gasteiger partial charge in [0.1, 0.15) is 30.2 Å². The van der Waals surface area contributed by atoms with E-state index in [4.69, 9.17) is 20.3 Å².